The molecular weight excluding hydrogens is 282 g/mol. The van der Waals surface area contributed by atoms with Gasteiger partial charge >= 0.3 is 0 Å². The number of unbranched alkanes of at least 4 members (excludes halogenated alkanes) is 1. The van der Waals surface area contributed by atoms with Crippen LogP contribution >= 0.6 is 11.6 Å². The van der Waals surface area contributed by atoms with E-state index in [1.54, 1.807) is 0 Å². The van der Waals surface area contributed by atoms with Crippen LogP contribution in [0.4, 0.5) is 5.69 Å². The molecule has 0 bridgehead atoms. The number of nitrogens with one attached hydrogen (secondary N) is 1. The molecule has 20 heavy (non-hydrogen) atoms. The lowest BCUT2D eigenvalue weighted by atomic mass is 10.1. The SMILES string of the molecule is CCCCC(CN)NC(=O)c1ccc(Cl)cc1[N+](=O)[O-]. The zero-order chi connectivity index (χ0) is 15.1. The summed E-state index contributed by atoms with van der Waals surface area (Å²) >= 11 is 5.71. The Morgan fingerprint density at radius 3 is 2.80 bits per heavy atom. The summed E-state index contributed by atoms with van der Waals surface area (Å²) in [4.78, 5) is 22.4. The van der Waals surface area contributed by atoms with Crippen molar-refractivity contribution in [3.05, 3.63) is 38.9 Å². The van der Waals surface area contributed by atoms with Crippen LogP contribution in [0, 0.1) is 10.1 Å². The van der Waals surface area contributed by atoms with Gasteiger partial charge in [0.05, 0.1) is 4.92 Å². The highest BCUT2D eigenvalue weighted by Crippen LogP contribution is 2.23. The Morgan fingerprint density at radius 1 is 1.55 bits per heavy atom. The van der Waals surface area contributed by atoms with Crippen LogP contribution in [-0.4, -0.2) is 23.4 Å². The largest absolute Gasteiger partial charge is 0.348 e. The predicted molar refractivity (Wildman–Crippen MR) is 77.9 cm³/mol. The molecule has 110 valence electrons. The van der Waals surface area contributed by atoms with E-state index in [2.05, 4.69) is 5.32 Å². The van der Waals surface area contributed by atoms with Crippen molar-refractivity contribution in [2.75, 3.05) is 6.54 Å². The molecule has 0 aliphatic rings. The van der Waals surface area contributed by atoms with Gasteiger partial charge in [0.25, 0.3) is 11.6 Å². The maximum absolute atomic E-state index is 12.1. The van der Waals surface area contributed by atoms with Gasteiger partial charge in [0, 0.05) is 23.7 Å². The second kappa shape index (κ2) is 7.81. The highest BCUT2D eigenvalue weighted by molar-refractivity contribution is 6.31. The summed E-state index contributed by atoms with van der Waals surface area (Å²) in [6.07, 6.45) is 2.68. The van der Waals surface area contributed by atoms with Crippen LogP contribution in [0.25, 0.3) is 0 Å². The van der Waals surface area contributed by atoms with Crippen molar-refractivity contribution in [1.29, 1.82) is 0 Å². The minimum atomic E-state index is -0.621. The highest BCUT2D eigenvalue weighted by Gasteiger charge is 2.22. The normalized spacial score (nSPS) is 11.9. The van der Waals surface area contributed by atoms with E-state index in [1.807, 2.05) is 6.92 Å². The number of nitrogens with zero attached hydrogens (tertiary/aromatic N) is 1. The van der Waals surface area contributed by atoms with Crippen LogP contribution in [0.3, 0.4) is 0 Å². The lowest BCUT2D eigenvalue weighted by Gasteiger charge is -2.16. The Kier molecular flexibility index (Phi) is 6.41. The average Bonchev–Trinajstić information content (AvgIpc) is 2.42. The molecule has 7 heteroatoms. The van der Waals surface area contributed by atoms with Gasteiger partial charge in [-0.05, 0) is 18.6 Å². The minimum absolute atomic E-state index is 0.00523. The van der Waals surface area contributed by atoms with Crippen LogP contribution in [0.5, 0.6) is 0 Å². The van der Waals surface area contributed by atoms with E-state index in [1.165, 1.54) is 18.2 Å². The van der Waals surface area contributed by atoms with Crippen molar-refractivity contribution in [3.8, 4) is 0 Å². The molecule has 0 saturated carbocycles. The maximum atomic E-state index is 12.1. The highest BCUT2D eigenvalue weighted by atomic mass is 35.5. The van der Waals surface area contributed by atoms with Crippen LogP contribution in [0.15, 0.2) is 18.2 Å². The number of rotatable bonds is 7. The Bertz CT molecular complexity index is 494. The molecule has 0 saturated heterocycles. The van der Waals surface area contributed by atoms with Crippen molar-refractivity contribution in [2.45, 2.75) is 32.2 Å². The van der Waals surface area contributed by atoms with Crippen molar-refractivity contribution >= 4 is 23.2 Å². The minimum Gasteiger partial charge on any atom is -0.348 e. The van der Waals surface area contributed by atoms with Gasteiger partial charge in [-0.1, -0.05) is 31.4 Å². The molecule has 0 aliphatic carbocycles. The molecule has 1 rings (SSSR count). The molecule has 0 fully saturated rings. The van der Waals surface area contributed by atoms with E-state index in [9.17, 15) is 14.9 Å². The van der Waals surface area contributed by atoms with Crippen molar-refractivity contribution in [1.82, 2.24) is 5.32 Å². The lowest BCUT2D eigenvalue weighted by Crippen LogP contribution is -2.40. The Hall–Kier alpha value is -1.66. The first-order chi connectivity index (χ1) is 9.49. The quantitative estimate of drug-likeness (QED) is 0.597. The number of halogens is 1. The molecule has 1 unspecified atom stereocenters. The van der Waals surface area contributed by atoms with Gasteiger partial charge in [0.1, 0.15) is 5.56 Å². The van der Waals surface area contributed by atoms with E-state index in [0.29, 0.717) is 6.54 Å². The molecule has 6 nitrogen and oxygen atoms in total. The monoisotopic (exact) mass is 299 g/mol. The summed E-state index contributed by atoms with van der Waals surface area (Å²) in [6.45, 7) is 2.34. The molecule has 1 amide bonds. The van der Waals surface area contributed by atoms with Gasteiger partial charge in [-0.15, -0.1) is 0 Å². The topological polar surface area (TPSA) is 98.3 Å². The first-order valence-electron chi connectivity index (χ1n) is 6.44. The van der Waals surface area contributed by atoms with Crippen LogP contribution in [-0.2, 0) is 0 Å². The number of nitrogens with two attached hydrogens (primary N) is 1. The number of hydrogen-bond acceptors (Lipinski definition) is 4. The van der Waals surface area contributed by atoms with Crippen molar-refractivity contribution < 1.29 is 9.72 Å². The zero-order valence-corrected chi connectivity index (χ0v) is 12.0. The first-order valence-corrected chi connectivity index (χ1v) is 6.82. The number of hydrogen-bond donors (Lipinski definition) is 2. The number of nitro benzene ring substituents is 1. The third kappa shape index (κ3) is 4.47. The van der Waals surface area contributed by atoms with Gasteiger partial charge in [0.15, 0.2) is 0 Å². The van der Waals surface area contributed by atoms with Gasteiger partial charge in [0.2, 0.25) is 0 Å². The number of carbonyl (C=O) groups is 1. The van der Waals surface area contributed by atoms with Crippen molar-refractivity contribution in [2.24, 2.45) is 5.73 Å². The summed E-state index contributed by atoms with van der Waals surface area (Å²) in [5.74, 6) is -0.500. The molecular formula is C13H18ClN3O3. The second-order valence-electron chi connectivity index (χ2n) is 4.47. The Morgan fingerprint density at radius 2 is 2.25 bits per heavy atom. The van der Waals surface area contributed by atoms with Crippen molar-refractivity contribution in [3.63, 3.8) is 0 Å². The molecule has 1 aromatic rings. The number of benzene rings is 1. The maximum Gasteiger partial charge on any atom is 0.283 e. The fraction of sp³-hybridized carbons (Fsp3) is 0.462. The van der Waals surface area contributed by atoms with Crippen LogP contribution in [0.2, 0.25) is 5.02 Å². The fourth-order valence-corrected chi connectivity index (χ4v) is 1.98. The molecule has 0 spiro atoms. The zero-order valence-electron chi connectivity index (χ0n) is 11.3. The number of nitro groups is 1. The summed E-state index contributed by atoms with van der Waals surface area (Å²) in [7, 11) is 0. The molecule has 0 radical (unpaired) electrons. The molecule has 0 heterocycles. The average molecular weight is 300 g/mol. The van der Waals surface area contributed by atoms with Gasteiger partial charge < -0.3 is 11.1 Å². The molecule has 0 aliphatic heterocycles. The predicted octanol–water partition coefficient (Wildman–Crippen LogP) is 2.50. The van der Waals surface area contributed by atoms with E-state index in [0.717, 1.165) is 19.3 Å². The Balaban J connectivity index is 2.88. The molecule has 1 atom stereocenters. The third-order valence-corrected chi connectivity index (χ3v) is 3.16. The van der Waals surface area contributed by atoms with Crippen LogP contribution < -0.4 is 11.1 Å². The summed E-state index contributed by atoms with van der Waals surface area (Å²) in [5.41, 5.74) is 5.28. The number of amides is 1. The summed E-state index contributed by atoms with van der Waals surface area (Å²) in [6, 6.07) is 3.79. The fourth-order valence-electron chi connectivity index (χ4n) is 1.81. The third-order valence-electron chi connectivity index (χ3n) is 2.93. The first kappa shape index (κ1) is 16.4. The Labute approximate surface area is 122 Å². The van der Waals surface area contributed by atoms with E-state index in [4.69, 9.17) is 17.3 Å². The lowest BCUT2D eigenvalue weighted by molar-refractivity contribution is -0.385. The smallest absolute Gasteiger partial charge is 0.283 e. The number of carbonyl (C=O) groups excluding carboxylic acids is 1. The van der Waals surface area contributed by atoms with Gasteiger partial charge in [-0.3, -0.25) is 14.9 Å². The van der Waals surface area contributed by atoms with E-state index >= 15 is 0 Å². The van der Waals surface area contributed by atoms with E-state index < -0.39 is 10.8 Å². The standard InChI is InChI=1S/C13H18ClN3O3/c1-2-3-4-10(8-15)16-13(18)11-6-5-9(14)7-12(11)17(19)20/h5-7,10H,2-4,8,15H2,1H3,(H,16,18). The van der Waals surface area contributed by atoms with Gasteiger partial charge in [-0.25, -0.2) is 0 Å². The van der Waals surface area contributed by atoms with Gasteiger partial charge in [-0.2, -0.15) is 0 Å². The summed E-state index contributed by atoms with van der Waals surface area (Å²) < 4.78 is 0. The van der Waals surface area contributed by atoms with E-state index in [-0.39, 0.29) is 22.3 Å². The molecule has 1 aromatic carbocycles. The molecule has 0 aromatic heterocycles. The summed E-state index contributed by atoms with van der Waals surface area (Å²) in [5, 5.41) is 13.9. The molecule has 3 N–H and O–H groups in total. The van der Waals surface area contributed by atoms with Crippen LogP contribution in [0.1, 0.15) is 36.5 Å². The second-order valence-corrected chi connectivity index (χ2v) is 4.90.